The van der Waals surface area contributed by atoms with E-state index in [-0.39, 0.29) is 5.56 Å². The number of ether oxygens (including phenoxy) is 1. The molecule has 1 aromatic heterocycles. The molecule has 110 valence electrons. The smallest absolute Gasteiger partial charge is 0.337 e. The van der Waals surface area contributed by atoms with Crippen LogP contribution in [0.5, 0.6) is 0 Å². The quantitative estimate of drug-likeness (QED) is 0.725. The molecule has 0 aliphatic rings. The Kier molecular flexibility index (Phi) is 3.57. The van der Waals surface area contributed by atoms with E-state index >= 15 is 0 Å². The van der Waals surface area contributed by atoms with Crippen molar-refractivity contribution >= 4 is 28.5 Å². The minimum atomic E-state index is -0.399. The van der Waals surface area contributed by atoms with Crippen molar-refractivity contribution in [2.45, 2.75) is 0 Å². The van der Waals surface area contributed by atoms with Gasteiger partial charge in [-0.2, -0.15) is 0 Å². The monoisotopic (exact) mass is 295 g/mol. The molecular formula is C16H13N3O3. The molecule has 0 aliphatic carbocycles. The van der Waals surface area contributed by atoms with E-state index in [1.165, 1.54) is 7.11 Å². The molecular weight excluding hydrogens is 282 g/mol. The fraction of sp³-hybridized carbons (Fsp3) is 0.0625. The van der Waals surface area contributed by atoms with Gasteiger partial charge in [-0.3, -0.25) is 9.78 Å². The highest BCUT2D eigenvalue weighted by Gasteiger charge is 2.06. The summed E-state index contributed by atoms with van der Waals surface area (Å²) in [6, 6.07) is 13.8. The lowest BCUT2D eigenvalue weighted by Gasteiger charge is -2.07. The summed E-state index contributed by atoms with van der Waals surface area (Å²) < 4.78 is 4.64. The Bertz CT molecular complexity index is 885. The maximum absolute atomic E-state index is 12.0. The van der Waals surface area contributed by atoms with E-state index in [4.69, 9.17) is 0 Å². The lowest BCUT2D eigenvalue weighted by Crippen LogP contribution is -2.11. The molecule has 2 aromatic carbocycles. The van der Waals surface area contributed by atoms with Crippen LogP contribution >= 0.6 is 0 Å². The van der Waals surface area contributed by atoms with Crippen molar-refractivity contribution in [3.05, 3.63) is 64.4 Å². The molecule has 0 amide bonds. The number of fused-ring (bicyclic) bond motifs is 1. The van der Waals surface area contributed by atoms with Crippen LogP contribution in [-0.2, 0) is 4.74 Å². The van der Waals surface area contributed by atoms with Gasteiger partial charge in [-0.25, -0.2) is 9.78 Å². The normalized spacial score (nSPS) is 10.4. The number of H-pyrrole nitrogens is 1. The van der Waals surface area contributed by atoms with Gasteiger partial charge in [0.05, 0.1) is 23.6 Å². The highest BCUT2D eigenvalue weighted by atomic mass is 16.5. The number of aromatic amines is 1. The van der Waals surface area contributed by atoms with E-state index in [2.05, 4.69) is 20.0 Å². The van der Waals surface area contributed by atoms with Crippen LogP contribution in [0.4, 0.5) is 11.6 Å². The fourth-order valence-electron chi connectivity index (χ4n) is 2.09. The third kappa shape index (κ3) is 2.67. The molecule has 0 aliphatic heterocycles. The van der Waals surface area contributed by atoms with Crippen LogP contribution in [0.3, 0.4) is 0 Å². The topological polar surface area (TPSA) is 84.1 Å². The summed E-state index contributed by atoms with van der Waals surface area (Å²) in [7, 11) is 1.33. The van der Waals surface area contributed by atoms with Crippen molar-refractivity contribution in [3.8, 4) is 0 Å². The van der Waals surface area contributed by atoms with Crippen LogP contribution in [0.15, 0.2) is 53.3 Å². The SMILES string of the molecule is COC(=O)c1ccc(Nc2nc3ccccc3c(=O)[nH]2)cc1. The van der Waals surface area contributed by atoms with Crippen LogP contribution in [0.25, 0.3) is 10.9 Å². The lowest BCUT2D eigenvalue weighted by molar-refractivity contribution is 0.0601. The molecule has 22 heavy (non-hydrogen) atoms. The first-order valence-electron chi connectivity index (χ1n) is 6.62. The summed E-state index contributed by atoms with van der Waals surface area (Å²) in [6.07, 6.45) is 0. The number of carbonyl (C=O) groups is 1. The number of hydrogen-bond donors (Lipinski definition) is 2. The van der Waals surface area contributed by atoms with E-state index < -0.39 is 5.97 Å². The molecule has 6 heteroatoms. The summed E-state index contributed by atoms with van der Waals surface area (Å²) >= 11 is 0. The molecule has 0 fully saturated rings. The van der Waals surface area contributed by atoms with Gasteiger partial charge in [0.1, 0.15) is 0 Å². The Morgan fingerprint density at radius 3 is 2.59 bits per heavy atom. The number of aromatic nitrogens is 2. The summed E-state index contributed by atoms with van der Waals surface area (Å²) in [5.74, 6) is -0.0571. The molecule has 0 saturated heterocycles. The van der Waals surface area contributed by atoms with E-state index in [0.29, 0.717) is 28.1 Å². The number of anilines is 2. The number of nitrogens with one attached hydrogen (secondary N) is 2. The van der Waals surface area contributed by atoms with Crippen molar-refractivity contribution in [3.63, 3.8) is 0 Å². The Balaban J connectivity index is 1.90. The molecule has 0 unspecified atom stereocenters. The fourth-order valence-corrected chi connectivity index (χ4v) is 2.09. The Morgan fingerprint density at radius 2 is 1.86 bits per heavy atom. The molecule has 0 atom stereocenters. The van der Waals surface area contributed by atoms with Crippen LogP contribution in [-0.4, -0.2) is 23.0 Å². The Hall–Kier alpha value is -3.15. The van der Waals surface area contributed by atoms with E-state index in [9.17, 15) is 9.59 Å². The first kappa shape index (κ1) is 13.8. The van der Waals surface area contributed by atoms with E-state index in [0.717, 1.165) is 0 Å². The summed E-state index contributed by atoms with van der Waals surface area (Å²) in [4.78, 5) is 30.4. The van der Waals surface area contributed by atoms with Crippen molar-refractivity contribution in [1.82, 2.24) is 9.97 Å². The lowest BCUT2D eigenvalue weighted by atomic mass is 10.2. The summed E-state index contributed by atoms with van der Waals surface area (Å²) in [5.41, 5.74) is 1.55. The molecule has 0 spiro atoms. The maximum Gasteiger partial charge on any atom is 0.337 e. The van der Waals surface area contributed by atoms with Crippen LogP contribution in [0, 0.1) is 0 Å². The average molecular weight is 295 g/mol. The van der Waals surface area contributed by atoms with Gasteiger partial charge >= 0.3 is 5.97 Å². The molecule has 3 aromatic rings. The zero-order valence-electron chi connectivity index (χ0n) is 11.8. The van der Waals surface area contributed by atoms with Gasteiger partial charge in [0.15, 0.2) is 0 Å². The van der Waals surface area contributed by atoms with Crippen LogP contribution in [0.1, 0.15) is 10.4 Å². The number of nitrogens with zero attached hydrogens (tertiary/aromatic N) is 1. The van der Waals surface area contributed by atoms with Crippen LogP contribution in [0.2, 0.25) is 0 Å². The third-order valence-electron chi connectivity index (χ3n) is 3.18. The molecule has 6 nitrogen and oxygen atoms in total. The number of hydrogen-bond acceptors (Lipinski definition) is 5. The van der Waals surface area contributed by atoms with E-state index in [1.54, 1.807) is 42.5 Å². The molecule has 0 radical (unpaired) electrons. The van der Waals surface area contributed by atoms with E-state index in [1.807, 2.05) is 6.07 Å². The van der Waals surface area contributed by atoms with Crippen molar-refractivity contribution < 1.29 is 9.53 Å². The predicted octanol–water partition coefficient (Wildman–Crippen LogP) is 2.45. The van der Waals surface area contributed by atoms with Crippen molar-refractivity contribution in [2.75, 3.05) is 12.4 Å². The first-order valence-corrected chi connectivity index (χ1v) is 6.62. The molecule has 0 saturated carbocycles. The van der Waals surface area contributed by atoms with Crippen molar-refractivity contribution in [1.29, 1.82) is 0 Å². The highest BCUT2D eigenvalue weighted by Crippen LogP contribution is 2.15. The van der Waals surface area contributed by atoms with Gasteiger partial charge in [-0.1, -0.05) is 12.1 Å². The number of rotatable bonds is 3. The molecule has 0 bridgehead atoms. The maximum atomic E-state index is 12.0. The van der Waals surface area contributed by atoms with Gasteiger partial charge in [0.25, 0.3) is 5.56 Å². The number of para-hydroxylation sites is 1. The second kappa shape index (κ2) is 5.69. The van der Waals surface area contributed by atoms with Gasteiger partial charge in [-0.15, -0.1) is 0 Å². The number of esters is 1. The summed E-state index contributed by atoms with van der Waals surface area (Å²) in [6.45, 7) is 0. The number of methoxy groups -OCH3 is 1. The zero-order chi connectivity index (χ0) is 15.5. The second-order valence-corrected chi connectivity index (χ2v) is 4.63. The minimum absolute atomic E-state index is 0.209. The number of benzene rings is 2. The largest absolute Gasteiger partial charge is 0.465 e. The number of carbonyl (C=O) groups excluding carboxylic acids is 1. The second-order valence-electron chi connectivity index (χ2n) is 4.63. The van der Waals surface area contributed by atoms with Gasteiger partial charge < -0.3 is 10.1 Å². The van der Waals surface area contributed by atoms with Crippen molar-refractivity contribution in [2.24, 2.45) is 0 Å². The highest BCUT2D eigenvalue weighted by molar-refractivity contribution is 5.89. The first-order chi connectivity index (χ1) is 10.7. The minimum Gasteiger partial charge on any atom is -0.465 e. The average Bonchev–Trinajstić information content (AvgIpc) is 2.55. The molecule has 3 rings (SSSR count). The van der Waals surface area contributed by atoms with Gasteiger partial charge in [0.2, 0.25) is 5.95 Å². The summed E-state index contributed by atoms with van der Waals surface area (Å²) in [5, 5.41) is 3.54. The third-order valence-corrected chi connectivity index (χ3v) is 3.18. The standard InChI is InChI=1S/C16H13N3O3/c1-22-15(21)10-6-8-11(9-7-10)17-16-18-13-5-3-2-4-12(13)14(20)19-16/h2-9H,1H3,(H2,17,18,19,20). The van der Waals surface area contributed by atoms with Gasteiger partial charge in [0, 0.05) is 5.69 Å². The van der Waals surface area contributed by atoms with Crippen LogP contribution < -0.4 is 10.9 Å². The Labute approximate surface area is 125 Å². The molecule has 1 heterocycles. The van der Waals surface area contributed by atoms with Gasteiger partial charge in [-0.05, 0) is 36.4 Å². The predicted molar refractivity (Wildman–Crippen MR) is 83.4 cm³/mol. The molecule has 2 N–H and O–H groups in total. The Morgan fingerprint density at radius 1 is 1.14 bits per heavy atom. The zero-order valence-corrected chi connectivity index (χ0v) is 11.8.